The van der Waals surface area contributed by atoms with Gasteiger partial charge in [0.1, 0.15) is 0 Å². The number of nitrogens with one attached hydrogen (secondary N) is 1. The Morgan fingerprint density at radius 1 is 1.43 bits per heavy atom. The molecule has 1 atom stereocenters. The van der Waals surface area contributed by atoms with Crippen molar-refractivity contribution < 1.29 is 0 Å². The van der Waals surface area contributed by atoms with Crippen molar-refractivity contribution in [2.75, 3.05) is 13.1 Å². The highest BCUT2D eigenvalue weighted by Gasteiger charge is 2.04. The van der Waals surface area contributed by atoms with Crippen molar-refractivity contribution in [3.63, 3.8) is 0 Å². The third-order valence-corrected chi connectivity index (χ3v) is 3.76. The predicted molar refractivity (Wildman–Crippen MR) is 101 cm³/mol. The van der Waals surface area contributed by atoms with Crippen molar-refractivity contribution in [3.05, 3.63) is 52.5 Å². The molecule has 2 aromatic rings. The third kappa shape index (κ3) is 6.43. The molecular weight excluding hydrogens is 395 g/mol. The summed E-state index contributed by atoms with van der Waals surface area (Å²) in [5.74, 6) is 0.903. The molecule has 2 aromatic heterocycles. The molecule has 0 amide bonds. The molecule has 0 saturated heterocycles. The highest BCUT2D eigenvalue weighted by Crippen LogP contribution is 2.17. The first kappa shape index (κ1) is 17.9. The van der Waals surface area contributed by atoms with E-state index in [1.54, 1.807) is 17.5 Å². The number of nitrogens with two attached hydrogens (primary N) is 1. The topological polar surface area (TPSA) is 63.3 Å². The van der Waals surface area contributed by atoms with Gasteiger partial charge in [0, 0.05) is 37.3 Å². The molecule has 0 spiro atoms. The van der Waals surface area contributed by atoms with E-state index < -0.39 is 0 Å². The predicted octanol–water partition coefficient (Wildman–Crippen LogP) is 3.01. The number of pyridine rings is 1. The van der Waals surface area contributed by atoms with Gasteiger partial charge in [-0.3, -0.25) is 9.98 Å². The number of thiophene rings is 1. The number of aromatic nitrogens is 1. The smallest absolute Gasteiger partial charge is 0.188 e. The average Bonchev–Trinajstić information content (AvgIpc) is 3.00. The van der Waals surface area contributed by atoms with E-state index in [0.717, 1.165) is 18.7 Å². The zero-order valence-corrected chi connectivity index (χ0v) is 15.2. The summed E-state index contributed by atoms with van der Waals surface area (Å²) in [6, 6.07) is 8.05. The van der Waals surface area contributed by atoms with Gasteiger partial charge >= 0.3 is 0 Å². The molecule has 0 bridgehead atoms. The van der Waals surface area contributed by atoms with Gasteiger partial charge in [-0.15, -0.1) is 24.0 Å². The van der Waals surface area contributed by atoms with Crippen LogP contribution in [0.15, 0.2) is 46.2 Å². The molecule has 0 aliphatic carbocycles. The van der Waals surface area contributed by atoms with Gasteiger partial charge in [0.25, 0.3) is 0 Å². The molecule has 114 valence electrons. The van der Waals surface area contributed by atoms with Gasteiger partial charge < -0.3 is 11.1 Å². The summed E-state index contributed by atoms with van der Waals surface area (Å²) in [5, 5.41) is 7.37. The molecule has 0 saturated carbocycles. The molecule has 0 aliphatic heterocycles. The summed E-state index contributed by atoms with van der Waals surface area (Å²) < 4.78 is 0. The van der Waals surface area contributed by atoms with Crippen LogP contribution in [-0.4, -0.2) is 24.0 Å². The highest BCUT2D eigenvalue weighted by atomic mass is 127. The summed E-state index contributed by atoms with van der Waals surface area (Å²) in [6.07, 6.45) is 2.65. The Bertz CT molecular complexity index is 528. The Morgan fingerprint density at radius 2 is 2.29 bits per heavy atom. The van der Waals surface area contributed by atoms with Gasteiger partial charge in [-0.05, 0) is 34.5 Å². The van der Waals surface area contributed by atoms with Crippen LogP contribution >= 0.6 is 35.3 Å². The van der Waals surface area contributed by atoms with Gasteiger partial charge in [0.15, 0.2) is 5.96 Å². The Labute approximate surface area is 146 Å². The summed E-state index contributed by atoms with van der Waals surface area (Å²) in [6.45, 7) is 3.62. The molecular formula is C15H21IN4S. The standard InChI is InChI=1S/C15H20N4S.HI/c1-12(13-6-9-20-11-13)10-19-15(16)18-8-5-14-4-2-3-7-17-14;/h2-4,6-7,9,11-12H,5,8,10H2,1H3,(H3,16,18,19);1H. The van der Waals surface area contributed by atoms with E-state index in [4.69, 9.17) is 5.73 Å². The SMILES string of the molecule is CC(CN=C(N)NCCc1ccccn1)c1ccsc1.I. The minimum atomic E-state index is 0. The molecule has 6 heteroatoms. The lowest BCUT2D eigenvalue weighted by atomic mass is 10.1. The van der Waals surface area contributed by atoms with Crippen LogP contribution in [0.25, 0.3) is 0 Å². The second-order valence-electron chi connectivity index (χ2n) is 4.68. The van der Waals surface area contributed by atoms with Crippen LogP contribution in [-0.2, 0) is 6.42 Å². The van der Waals surface area contributed by atoms with Crippen molar-refractivity contribution in [3.8, 4) is 0 Å². The van der Waals surface area contributed by atoms with E-state index in [2.05, 4.69) is 39.0 Å². The molecule has 0 radical (unpaired) electrons. The molecule has 3 N–H and O–H groups in total. The maximum atomic E-state index is 5.86. The van der Waals surface area contributed by atoms with Gasteiger partial charge in [0.2, 0.25) is 0 Å². The minimum Gasteiger partial charge on any atom is -0.370 e. The lowest BCUT2D eigenvalue weighted by Gasteiger charge is -2.08. The lowest BCUT2D eigenvalue weighted by Crippen LogP contribution is -2.33. The summed E-state index contributed by atoms with van der Waals surface area (Å²) in [7, 11) is 0. The quantitative estimate of drug-likeness (QED) is 0.432. The van der Waals surface area contributed by atoms with Crippen LogP contribution in [0.4, 0.5) is 0 Å². The molecule has 21 heavy (non-hydrogen) atoms. The van der Waals surface area contributed by atoms with Crippen LogP contribution in [0.5, 0.6) is 0 Å². The van der Waals surface area contributed by atoms with Crippen molar-refractivity contribution in [1.29, 1.82) is 0 Å². The molecule has 0 fully saturated rings. The van der Waals surface area contributed by atoms with Crippen LogP contribution in [0.3, 0.4) is 0 Å². The van der Waals surface area contributed by atoms with E-state index in [0.29, 0.717) is 18.4 Å². The first-order valence-electron chi connectivity index (χ1n) is 6.71. The van der Waals surface area contributed by atoms with Gasteiger partial charge in [-0.25, -0.2) is 0 Å². The largest absolute Gasteiger partial charge is 0.370 e. The van der Waals surface area contributed by atoms with Crippen molar-refractivity contribution in [2.45, 2.75) is 19.3 Å². The van der Waals surface area contributed by atoms with E-state index in [1.807, 2.05) is 18.2 Å². The Morgan fingerprint density at radius 3 is 2.95 bits per heavy atom. The Balaban J connectivity index is 0.00000220. The van der Waals surface area contributed by atoms with Crippen LogP contribution in [0.1, 0.15) is 24.1 Å². The molecule has 1 unspecified atom stereocenters. The van der Waals surface area contributed by atoms with Crippen molar-refractivity contribution in [1.82, 2.24) is 10.3 Å². The van der Waals surface area contributed by atoms with Crippen LogP contribution in [0, 0.1) is 0 Å². The second-order valence-corrected chi connectivity index (χ2v) is 5.46. The lowest BCUT2D eigenvalue weighted by molar-refractivity contribution is 0.763. The van der Waals surface area contributed by atoms with E-state index in [9.17, 15) is 0 Å². The number of hydrogen-bond acceptors (Lipinski definition) is 3. The minimum absolute atomic E-state index is 0. The zero-order chi connectivity index (χ0) is 14.2. The number of aliphatic imine (C=N–C) groups is 1. The molecule has 0 aliphatic rings. The maximum absolute atomic E-state index is 5.86. The fraction of sp³-hybridized carbons (Fsp3) is 0.333. The number of hydrogen-bond donors (Lipinski definition) is 2. The van der Waals surface area contributed by atoms with Crippen molar-refractivity contribution in [2.24, 2.45) is 10.7 Å². The number of guanidine groups is 1. The fourth-order valence-corrected chi connectivity index (χ4v) is 2.60. The van der Waals surface area contributed by atoms with E-state index in [-0.39, 0.29) is 24.0 Å². The van der Waals surface area contributed by atoms with Gasteiger partial charge in [-0.1, -0.05) is 13.0 Å². The number of rotatable bonds is 6. The Kier molecular flexibility index (Phi) is 8.29. The van der Waals surface area contributed by atoms with Gasteiger partial charge in [0.05, 0.1) is 0 Å². The first-order chi connectivity index (χ1) is 9.75. The summed E-state index contributed by atoms with van der Waals surface area (Å²) in [4.78, 5) is 8.64. The third-order valence-electron chi connectivity index (χ3n) is 3.06. The number of nitrogens with zero attached hydrogens (tertiary/aromatic N) is 2. The molecule has 2 rings (SSSR count). The average molecular weight is 416 g/mol. The highest BCUT2D eigenvalue weighted by molar-refractivity contribution is 14.0. The molecule has 2 heterocycles. The van der Waals surface area contributed by atoms with Crippen LogP contribution in [0.2, 0.25) is 0 Å². The normalized spacial score (nSPS) is 12.5. The van der Waals surface area contributed by atoms with E-state index >= 15 is 0 Å². The zero-order valence-electron chi connectivity index (χ0n) is 12.0. The summed E-state index contributed by atoms with van der Waals surface area (Å²) >= 11 is 1.71. The maximum Gasteiger partial charge on any atom is 0.188 e. The van der Waals surface area contributed by atoms with Crippen LogP contribution < -0.4 is 11.1 Å². The Hall–Kier alpha value is -1.15. The second kappa shape index (κ2) is 9.73. The molecule has 4 nitrogen and oxygen atoms in total. The van der Waals surface area contributed by atoms with E-state index in [1.165, 1.54) is 5.56 Å². The number of halogens is 1. The summed E-state index contributed by atoms with van der Waals surface area (Å²) in [5.41, 5.74) is 8.24. The fourth-order valence-electron chi connectivity index (χ4n) is 1.82. The first-order valence-corrected chi connectivity index (χ1v) is 7.66. The monoisotopic (exact) mass is 416 g/mol. The van der Waals surface area contributed by atoms with Crippen molar-refractivity contribution >= 4 is 41.3 Å². The van der Waals surface area contributed by atoms with Gasteiger partial charge in [-0.2, -0.15) is 11.3 Å². The molecule has 0 aromatic carbocycles.